The van der Waals surface area contributed by atoms with Crippen LogP contribution in [-0.4, -0.2) is 28.0 Å². The van der Waals surface area contributed by atoms with Crippen molar-refractivity contribution in [1.82, 2.24) is 14.9 Å². The summed E-state index contributed by atoms with van der Waals surface area (Å²) in [6, 6.07) is 10.8. The highest BCUT2D eigenvalue weighted by Crippen LogP contribution is 2.38. The lowest BCUT2D eigenvalue weighted by atomic mass is 10.2. The average molecular weight is 298 g/mol. The van der Waals surface area contributed by atoms with Crippen LogP contribution in [0.5, 0.6) is 0 Å². The van der Waals surface area contributed by atoms with Crippen molar-refractivity contribution in [1.29, 1.82) is 0 Å². The highest BCUT2D eigenvalue weighted by Gasteiger charge is 2.27. The summed E-state index contributed by atoms with van der Waals surface area (Å²) in [6.45, 7) is 4.34. The fourth-order valence-electron chi connectivity index (χ4n) is 2.33. The average Bonchev–Trinajstić information content (AvgIpc) is 3.27. The van der Waals surface area contributed by atoms with Gasteiger partial charge in [0, 0.05) is 23.8 Å². The molecule has 1 aliphatic rings. The zero-order chi connectivity index (χ0) is 15.5. The third kappa shape index (κ3) is 3.54. The van der Waals surface area contributed by atoms with Crippen molar-refractivity contribution in [2.45, 2.75) is 38.8 Å². The summed E-state index contributed by atoms with van der Waals surface area (Å²) in [7, 11) is 0. The minimum Gasteiger partial charge on any atom is -0.313 e. The Morgan fingerprint density at radius 2 is 2.05 bits per heavy atom. The van der Waals surface area contributed by atoms with Crippen molar-refractivity contribution in [3.63, 3.8) is 0 Å². The summed E-state index contributed by atoms with van der Waals surface area (Å²) in [5.74, 6) is 0.595. The number of hydrogen-bond donors (Lipinski definition) is 2. The molecule has 1 heterocycles. The van der Waals surface area contributed by atoms with Gasteiger partial charge in [0.1, 0.15) is 0 Å². The fraction of sp³-hybridized carbons (Fsp3) is 0.412. The summed E-state index contributed by atoms with van der Waals surface area (Å²) in [5, 5.41) is 6.05. The van der Waals surface area contributed by atoms with Crippen LogP contribution in [-0.2, 0) is 4.79 Å². The molecule has 0 unspecified atom stereocenters. The number of anilines is 1. The molecule has 0 saturated heterocycles. The van der Waals surface area contributed by atoms with E-state index in [1.807, 2.05) is 50.4 Å². The highest BCUT2D eigenvalue weighted by molar-refractivity contribution is 5.91. The van der Waals surface area contributed by atoms with Gasteiger partial charge in [-0.25, -0.2) is 4.98 Å². The number of carbonyl (C=O) groups is 1. The summed E-state index contributed by atoms with van der Waals surface area (Å²) in [4.78, 5) is 16.6. The second-order valence-electron chi connectivity index (χ2n) is 6.04. The van der Waals surface area contributed by atoms with Crippen molar-refractivity contribution in [2.24, 2.45) is 0 Å². The van der Waals surface area contributed by atoms with E-state index in [-0.39, 0.29) is 11.9 Å². The quantitative estimate of drug-likeness (QED) is 0.862. The Hall–Kier alpha value is -2.14. The van der Waals surface area contributed by atoms with Gasteiger partial charge in [-0.05, 0) is 12.8 Å². The maximum atomic E-state index is 12.0. The lowest BCUT2D eigenvalue weighted by Crippen LogP contribution is -2.33. The number of imidazole rings is 1. The minimum atomic E-state index is -0.0548. The Labute approximate surface area is 130 Å². The van der Waals surface area contributed by atoms with E-state index in [0.29, 0.717) is 18.5 Å². The first-order valence-corrected chi connectivity index (χ1v) is 7.81. The van der Waals surface area contributed by atoms with E-state index in [9.17, 15) is 4.79 Å². The van der Waals surface area contributed by atoms with Gasteiger partial charge in [-0.15, -0.1) is 0 Å². The second-order valence-corrected chi connectivity index (χ2v) is 6.04. The molecule has 2 aromatic rings. The van der Waals surface area contributed by atoms with Crippen LogP contribution >= 0.6 is 0 Å². The molecule has 0 spiro atoms. The predicted octanol–water partition coefficient (Wildman–Crippen LogP) is 2.82. The molecular formula is C17H22N4O. The molecule has 1 saturated carbocycles. The summed E-state index contributed by atoms with van der Waals surface area (Å²) in [6.07, 6.45) is 4.34. The molecular weight excluding hydrogens is 276 g/mol. The van der Waals surface area contributed by atoms with E-state index in [1.165, 1.54) is 0 Å². The molecule has 1 aliphatic carbocycles. The van der Waals surface area contributed by atoms with Gasteiger partial charge in [-0.1, -0.05) is 44.2 Å². The normalized spacial score (nSPS) is 14.3. The molecule has 0 bridgehead atoms. The molecule has 22 heavy (non-hydrogen) atoms. The number of aromatic nitrogens is 2. The highest BCUT2D eigenvalue weighted by atomic mass is 16.2. The van der Waals surface area contributed by atoms with Crippen LogP contribution < -0.4 is 10.6 Å². The van der Waals surface area contributed by atoms with Crippen LogP contribution in [0.3, 0.4) is 0 Å². The monoisotopic (exact) mass is 298 g/mol. The van der Waals surface area contributed by atoms with Gasteiger partial charge in [0.2, 0.25) is 11.9 Å². The van der Waals surface area contributed by atoms with Crippen molar-refractivity contribution < 1.29 is 4.79 Å². The Balaban J connectivity index is 1.78. The number of carbonyl (C=O) groups excluding carboxylic acids is 1. The zero-order valence-corrected chi connectivity index (χ0v) is 13.0. The molecule has 1 aromatic carbocycles. The third-order valence-electron chi connectivity index (χ3n) is 3.66. The molecule has 1 amide bonds. The summed E-state index contributed by atoms with van der Waals surface area (Å²) < 4.78 is 2.09. The van der Waals surface area contributed by atoms with Crippen LogP contribution in [0, 0.1) is 0 Å². The molecule has 5 heteroatoms. The Morgan fingerprint density at radius 1 is 1.32 bits per heavy atom. The fourth-order valence-corrected chi connectivity index (χ4v) is 2.33. The standard InChI is InChI=1S/C17H22N4O/c1-12(2)18-10-16(22)20-17-19-15(11-21(17)14-8-9-14)13-6-4-3-5-7-13/h3-7,11-12,14,18H,8-10H2,1-2H3,(H,19,20,22). The molecule has 0 atom stereocenters. The minimum absolute atomic E-state index is 0.0548. The van der Waals surface area contributed by atoms with Crippen LogP contribution in [0.15, 0.2) is 36.5 Å². The SMILES string of the molecule is CC(C)NCC(=O)Nc1nc(-c2ccccc2)cn1C1CC1. The van der Waals surface area contributed by atoms with Crippen molar-refractivity contribution in [2.75, 3.05) is 11.9 Å². The zero-order valence-electron chi connectivity index (χ0n) is 13.0. The van der Waals surface area contributed by atoms with E-state index < -0.39 is 0 Å². The van der Waals surface area contributed by atoms with Gasteiger partial charge in [0.25, 0.3) is 0 Å². The lowest BCUT2D eigenvalue weighted by molar-refractivity contribution is -0.115. The summed E-state index contributed by atoms with van der Waals surface area (Å²) >= 11 is 0. The first kappa shape index (κ1) is 14.8. The number of rotatable bonds is 6. The molecule has 116 valence electrons. The number of amides is 1. The molecule has 5 nitrogen and oxygen atoms in total. The number of nitrogens with zero attached hydrogens (tertiary/aromatic N) is 2. The van der Waals surface area contributed by atoms with Crippen LogP contribution in [0.1, 0.15) is 32.7 Å². The van der Waals surface area contributed by atoms with Crippen LogP contribution in [0.2, 0.25) is 0 Å². The van der Waals surface area contributed by atoms with Crippen molar-refractivity contribution >= 4 is 11.9 Å². The van der Waals surface area contributed by atoms with Gasteiger partial charge >= 0.3 is 0 Å². The first-order chi connectivity index (χ1) is 10.6. The first-order valence-electron chi connectivity index (χ1n) is 7.81. The van der Waals surface area contributed by atoms with E-state index in [0.717, 1.165) is 24.1 Å². The Kier molecular flexibility index (Phi) is 4.24. The van der Waals surface area contributed by atoms with E-state index >= 15 is 0 Å². The van der Waals surface area contributed by atoms with E-state index in [2.05, 4.69) is 20.2 Å². The Bertz CT molecular complexity index is 644. The number of nitrogens with one attached hydrogen (secondary N) is 2. The Morgan fingerprint density at radius 3 is 2.68 bits per heavy atom. The maximum absolute atomic E-state index is 12.0. The number of hydrogen-bond acceptors (Lipinski definition) is 3. The molecule has 0 aliphatic heterocycles. The molecule has 2 N–H and O–H groups in total. The van der Waals surface area contributed by atoms with Crippen molar-refractivity contribution in [3.8, 4) is 11.3 Å². The third-order valence-corrected chi connectivity index (χ3v) is 3.66. The van der Waals surface area contributed by atoms with Gasteiger partial charge in [-0.3, -0.25) is 10.1 Å². The molecule has 1 aromatic heterocycles. The molecule has 3 rings (SSSR count). The smallest absolute Gasteiger partial charge is 0.240 e. The van der Waals surface area contributed by atoms with Crippen LogP contribution in [0.25, 0.3) is 11.3 Å². The van der Waals surface area contributed by atoms with Gasteiger partial charge < -0.3 is 9.88 Å². The second kappa shape index (κ2) is 6.32. The molecule has 1 fully saturated rings. The largest absolute Gasteiger partial charge is 0.313 e. The van der Waals surface area contributed by atoms with Crippen LogP contribution in [0.4, 0.5) is 5.95 Å². The maximum Gasteiger partial charge on any atom is 0.240 e. The molecule has 0 radical (unpaired) electrons. The van der Waals surface area contributed by atoms with E-state index in [1.54, 1.807) is 0 Å². The lowest BCUT2D eigenvalue weighted by Gasteiger charge is -2.09. The van der Waals surface area contributed by atoms with Crippen molar-refractivity contribution in [3.05, 3.63) is 36.5 Å². The topological polar surface area (TPSA) is 59.0 Å². The van der Waals surface area contributed by atoms with Gasteiger partial charge in [-0.2, -0.15) is 0 Å². The predicted molar refractivity (Wildman–Crippen MR) is 87.7 cm³/mol. The van der Waals surface area contributed by atoms with E-state index in [4.69, 9.17) is 0 Å². The van der Waals surface area contributed by atoms with Gasteiger partial charge in [0.05, 0.1) is 12.2 Å². The summed E-state index contributed by atoms with van der Waals surface area (Å²) in [5.41, 5.74) is 1.97. The van der Waals surface area contributed by atoms with Gasteiger partial charge in [0.15, 0.2) is 0 Å². The number of benzene rings is 1.